The molecule has 0 saturated carbocycles. The monoisotopic (exact) mass is 302 g/mol. The Bertz CT molecular complexity index is 612. The van der Waals surface area contributed by atoms with Gasteiger partial charge >= 0.3 is 6.36 Å². The molecule has 0 radical (unpaired) electrons. The Labute approximate surface area is 118 Å². The second kappa shape index (κ2) is 5.63. The molecule has 20 heavy (non-hydrogen) atoms. The maximum Gasteiger partial charge on any atom is 0.573 e. The highest BCUT2D eigenvalue weighted by atomic mass is 35.5. The van der Waals surface area contributed by atoms with Crippen molar-refractivity contribution in [2.75, 3.05) is 7.11 Å². The van der Waals surface area contributed by atoms with Gasteiger partial charge in [0.1, 0.15) is 11.5 Å². The van der Waals surface area contributed by atoms with E-state index in [-0.39, 0.29) is 11.3 Å². The fraction of sp³-hybridized carbons (Fsp3) is 0.143. The van der Waals surface area contributed by atoms with Crippen LogP contribution in [-0.4, -0.2) is 13.5 Å². The number of benzene rings is 2. The third-order valence-electron chi connectivity index (χ3n) is 2.56. The molecule has 0 heterocycles. The van der Waals surface area contributed by atoms with E-state index in [9.17, 15) is 13.2 Å². The van der Waals surface area contributed by atoms with Crippen LogP contribution in [0.4, 0.5) is 13.2 Å². The highest BCUT2D eigenvalue weighted by molar-refractivity contribution is 6.31. The minimum Gasteiger partial charge on any atom is -0.496 e. The smallest absolute Gasteiger partial charge is 0.496 e. The molecule has 0 spiro atoms. The molecule has 0 aliphatic rings. The van der Waals surface area contributed by atoms with Crippen LogP contribution in [0.25, 0.3) is 11.1 Å². The van der Waals surface area contributed by atoms with Crippen LogP contribution in [0, 0.1) is 0 Å². The van der Waals surface area contributed by atoms with Crippen LogP contribution in [0.1, 0.15) is 0 Å². The van der Waals surface area contributed by atoms with E-state index in [2.05, 4.69) is 4.74 Å². The Kier molecular flexibility index (Phi) is 4.09. The molecule has 0 amide bonds. The normalized spacial score (nSPS) is 11.2. The first-order valence-corrected chi connectivity index (χ1v) is 5.97. The fourth-order valence-electron chi connectivity index (χ4n) is 1.79. The maximum atomic E-state index is 12.4. The molecule has 2 aromatic rings. The van der Waals surface area contributed by atoms with Crippen molar-refractivity contribution in [1.29, 1.82) is 0 Å². The average molecular weight is 303 g/mol. The van der Waals surface area contributed by atoms with Crippen molar-refractivity contribution >= 4 is 11.6 Å². The second-order valence-electron chi connectivity index (χ2n) is 3.89. The Morgan fingerprint density at radius 3 is 2.30 bits per heavy atom. The predicted molar refractivity (Wildman–Crippen MR) is 70.1 cm³/mol. The van der Waals surface area contributed by atoms with Gasteiger partial charge in [-0.25, -0.2) is 0 Å². The van der Waals surface area contributed by atoms with E-state index in [0.29, 0.717) is 16.3 Å². The van der Waals surface area contributed by atoms with Crippen LogP contribution in [0.2, 0.25) is 5.02 Å². The van der Waals surface area contributed by atoms with Gasteiger partial charge in [0.2, 0.25) is 0 Å². The lowest BCUT2D eigenvalue weighted by molar-refractivity contribution is -0.274. The van der Waals surface area contributed by atoms with Gasteiger partial charge in [0, 0.05) is 16.1 Å². The summed E-state index contributed by atoms with van der Waals surface area (Å²) >= 11 is 5.89. The average Bonchev–Trinajstić information content (AvgIpc) is 2.37. The van der Waals surface area contributed by atoms with E-state index >= 15 is 0 Å². The Morgan fingerprint density at radius 1 is 0.950 bits per heavy atom. The molecule has 2 aromatic carbocycles. The number of para-hydroxylation sites is 1. The lowest BCUT2D eigenvalue weighted by Crippen LogP contribution is -2.17. The van der Waals surface area contributed by atoms with Crippen LogP contribution < -0.4 is 9.47 Å². The summed E-state index contributed by atoms with van der Waals surface area (Å²) in [6.07, 6.45) is -4.76. The number of halogens is 4. The van der Waals surface area contributed by atoms with Gasteiger partial charge < -0.3 is 9.47 Å². The summed E-state index contributed by atoms with van der Waals surface area (Å²) in [7, 11) is 1.43. The molecule has 0 bridgehead atoms. The van der Waals surface area contributed by atoms with E-state index in [1.54, 1.807) is 18.2 Å². The summed E-state index contributed by atoms with van der Waals surface area (Å²) < 4.78 is 46.4. The summed E-state index contributed by atoms with van der Waals surface area (Å²) in [6.45, 7) is 0. The molecule has 0 unspecified atom stereocenters. The molecule has 0 aliphatic heterocycles. The lowest BCUT2D eigenvalue weighted by atomic mass is 10.0. The molecule has 2 nitrogen and oxygen atoms in total. The summed E-state index contributed by atoms with van der Waals surface area (Å²) in [5.41, 5.74) is 0.684. The highest BCUT2D eigenvalue weighted by Gasteiger charge is 2.32. The zero-order chi connectivity index (χ0) is 14.8. The van der Waals surface area contributed by atoms with Crippen molar-refractivity contribution in [2.24, 2.45) is 0 Å². The molecule has 0 aromatic heterocycles. The van der Waals surface area contributed by atoms with E-state index in [1.165, 1.54) is 31.4 Å². The summed E-state index contributed by atoms with van der Waals surface area (Å²) in [6, 6.07) is 10.5. The number of ether oxygens (including phenoxy) is 2. The van der Waals surface area contributed by atoms with Gasteiger partial charge in [-0.1, -0.05) is 29.8 Å². The highest BCUT2D eigenvalue weighted by Crippen LogP contribution is 2.39. The van der Waals surface area contributed by atoms with E-state index < -0.39 is 6.36 Å². The minimum atomic E-state index is -4.76. The topological polar surface area (TPSA) is 18.5 Å². The van der Waals surface area contributed by atoms with Crippen molar-refractivity contribution in [2.45, 2.75) is 6.36 Å². The zero-order valence-electron chi connectivity index (χ0n) is 10.4. The molecule has 0 fully saturated rings. The molecular weight excluding hydrogens is 293 g/mol. The first kappa shape index (κ1) is 14.5. The quantitative estimate of drug-likeness (QED) is 0.801. The first-order valence-electron chi connectivity index (χ1n) is 5.59. The first-order chi connectivity index (χ1) is 9.40. The SMILES string of the molecule is COc1ccc(Cl)cc1-c1ccccc1OC(F)(F)F. The molecule has 0 saturated heterocycles. The molecule has 106 valence electrons. The van der Waals surface area contributed by atoms with Gasteiger partial charge in [0.05, 0.1) is 7.11 Å². The Balaban J connectivity index is 2.55. The zero-order valence-corrected chi connectivity index (χ0v) is 11.1. The van der Waals surface area contributed by atoms with Crippen molar-refractivity contribution in [3.05, 3.63) is 47.5 Å². The van der Waals surface area contributed by atoms with Gasteiger partial charge in [0.15, 0.2) is 0 Å². The molecule has 0 atom stereocenters. The number of alkyl halides is 3. The van der Waals surface area contributed by atoms with Crippen LogP contribution in [0.15, 0.2) is 42.5 Å². The lowest BCUT2D eigenvalue weighted by Gasteiger charge is -2.15. The van der Waals surface area contributed by atoms with Crippen LogP contribution in [0.3, 0.4) is 0 Å². The maximum absolute atomic E-state index is 12.4. The summed E-state index contributed by atoms with van der Waals surface area (Å²) in [5, 5.41) is 0.391. The van der Waals surface area contributed by atoms with E-state index in [1.807, 2.05) is 0 Å². The van der Waals surface area contributed by atoms with Gasteiger partial charge in [-0.05, 0) is 24.3 Å². The predicted octanol–water partition coefficient (Wildman–Crippen LogP) is 4.91. The van der Waals surface area contributed by atoms with Gasteiger partial charge in [0.25, 0.3) is 0 Å². The summed E-state index contributed by atoms with van der Waals surface area (Å²) in [5.74, 6) is 0.105. The minimum absolute atomic E-state index is 0.254. The number of hydrogen-bond donors (Lipinski definition) is 0. The second-order valence-corrected chi connectivity index (χ2v) is 4.33. The van der Waals surface area contributed by atoms with Crippen molar-refractivity contribution in [3.63, 3.8) is 0 Å². The molecule has 2 rings (SSSR count). The number of hydrogen-bond acceptors (Lipinski definition) is 2. The third kappa shape index (κ3) is 3.36. The largest absolute Gasteiger partial charge is 0.573 e. The molecule has 0 aliphatic carbocycles. The van der Waals surface area contributed by atoms with Gasteiger partial charge in [-0.15, -0.1) is 13.2 Å². The summed E-state index contributed by atoms with van der Waals surface area (Å²) in [4.78, 5) is 0. The fourth-order valence-corrected chi connectivity index (χ4v) is 1.97. The van der Waals surface area contributed by atoms with Crippen LogP contribution in [-0.2, 0) is 0 Å². The molecule has 0 N–H and O–H groups in total. The number of methoxy groups -OCH3 is 1. The standard InChI is InChI=1S/C14H10ClF3O2/c1-19-12-7-6-9(15)8-11(12)10-4-2-3-5-13(10)20-14(16,17)18/h2-8H,1H3. The van der Waals surface area contributed by atoms with E-state index in [4.69, 9.17) is 16.3 Å². The van der Waals surface area contributed by atoms with Crippen LogP contribution in [0.5, 0.6) is 11.5 Å². The van der Waals surface area contributed by atoms with Crippen molar-refractivity contribution in [3.8, 4) is 22.6 Å². The third-order valence-corrected chi connectivity index (χ3v) is 2.80. The molecular formula is C14H10ClF3O2. The van der Waals surface area contributed by atoms with Gasteiger partial charge in [-0.3, -0.25) is 0 Å². The van der Waals surface area contributed by atoms with E-state index in [0.717, 1.165) is 0 Å². The van der Waals surface area contributed by atoms with Gasteiger partial charge in [-0.2, -0.15) is 0 Å². The Hall–Kier alpha value is -1.88. The Morgan fingerprint density at radius 2 is 1.65 bits per heavy atom. The van der Waals surface area contributed by atoms with Crippen LogP contribution >= 0.6 is 11.6 Å². The van der Waals surface area contributed by atoms with Crippen molar-refractivity contribution < 1.29 is 22.6 Å². The number of rotatable bonds is 3. The molecule has 6 heteroatoms. The van der Waals surface area contributed by atoms with Crippen molar-refractivity contribution in [1.82, 2.24) is 0 Å².